The molecule has 0 aliphatic carbocycles. The summed E-state index contributed by atoms with van der Waals surface area (Å²) >= 11 is 0. The van der Waals surface area contributed by atoms with Gasteiger partial charge in [0.05, 0.1) is 11.6 Å². The second-order valence-corrected chi connectivity index (χ2v) is 4.80. The predicted octanol–water partition coefficient (Wildman–Crippen LogP) is 4.36. The number of furan rings is 1. The molecule has 0 aliphatic rings. The zero-order chi connectivity index (χ0) is 15.8. The fourth-order valence-electron chi connectivity index (χ4n) is 2.41. The highest BCUT2D eigenvalue weighted by Crippen LogP contribution is 2.36. The third-order valence-corrected chi connectivity index (χ3v) is 3.32. The van der Waals surface area contributed by atoms with Crippen molar-refractivity contribution in [3.05, 3.63) is 58.3 Å². The van der Waals surface area contributed by atoms with E-state index in [4.69, 9.17) is 4.42 Å². The molecule has 2 rings (SSSR count). The number of rotatable bonds is 3. The maximum atomic E-state index is 14.2. The summed E-state index contributed by atoms with van der Waals surface area (Å²) in [6.07, 6.45) is -4.72. The molecule has 6 heteroatoms. The molecule has 0 fully saturated rings. The van der Waals surface area contributed by atoms with Crippen LogP contribution in [0.1, 0.15) is 34.3 Å². The van der Waals surface area contributed by atoms with Crippen molar-refractivity contribution in [1.82, 2.24) is 5.32 Å². The van der Waals surface area contributed by atoms with Crippen LogP contribution >= 0.6 is 0 Å². The van der Waals surface area contributed by atoms with Crippen LogP contribution < -0.4 is 5.32 Å². The van der Waals surface area contributed by atoms with Gasteiger partial charge in [0.15, 0.2) is 0 Å². The van der Waals surface area contributed by atoms with E-state index in [9.17, 15) is 17.6 Å². The maximum absolute atomic E-state index is 14.2. The highest BCUT2D eigenvalue weighted by molar-refractivity contribution is 5.38. The van der Waals surface area contributed by atoms with Gasteiger partial charge in [-0.1, -0.05) is 12.1 Å². The van der Waals surface area contributed by atoms with Crippen LogP contribution in [0.3, 0.4) is 0 Å². The quantitative estimate of drug-likeness (QED) is 0.852. The van der Waals surface area contributed by atoms with Crippen molar-refractivity contribution in [3.8, 4) is 0 Å². The molecule has 1 aromatic heterocycles. The van der Waals surface area contributed by atoms with Crippen LogP contribution in [0, 0.1) is 19.7 Å². The van der Waals surface area contributed by atoms with Gasteiger partial charge in [0.1, 0.15) is 17.3 Å². The molecule has 21 heavy (non-hydrogen) atoms. The van der Waals surface area contributed by atoms with Crippen molar-refractivity contribution < 1.29 is 22.0 Å². The first kappa shape index (κ1) is 15.6. The molecular formula is C15H15F4NO. The number of halogens is 4. The summed E-state index contributed by atoms with van der Waals surface area (Å²) in [4.78, 5) is 0. The first-order valence-electron chi connectivity index (χ1n) is 6.35. The molecule has 1 atom stereocenters. The first-order chi connectivity index (χ1) is 9.75. The van der Waals surface area contributed by atoms with Gasteiger partial charge in [-0.15, -0.1) is 0 Å². The summed E-state index contributed by atoms with van der Waals surface area (Å²) in [6, 6.07) is 4.26. The number of hydrogen-bond acceptors (Lipinski definition) is 2. The summed E-state index contributed by atoms with van der Waals surface area (Å²) in [5, 5.41) is 2.84. The summed E-state index contributed by atoms with van der Waals surface area (Å²) in [5.41, 5.74) is -0.706. The molecule has 0 bridgehead atoms. The Labute approximate surface area is 119 Å². The minimum atomic E-state index is -4.72. The molecule has 0 saturated heterocycles. The predicted molar refractivity (Wildman–Crippen MR) is 70.5 cm³/mol. The molecule has 1 heterocycles. The van der Waals surface area contributed by atoms with Crippen LogP contribution in [-0.2, 0) is 6.18 Å². The van der Waals surface area contributed by atoms with E-state index in [2.05, 4.69) is 5.32 Å². The molecular weight excluding hydrogens is 286 g/mol. The molecule has 0 spiro atoms. The normalized spacial score (nSPS) is 13.5. The Hall–Kier alpha value is -1.82. The van der Waals surface area contributed by atoms with E-state index in [0.29, 0.717) is 17.1 Å². The van der Waals surface area contributed by atoms with Gasteiger partial charge in [-0.25, -0.2) is 4.39 Å². The second kappa shape index (κ2) is 5.52. The van der Waals surface area contributed by atoms with E-state index >= 15 is 0 Å². The maximum Gasteiger partial charge on any atom is 0.419 e. The Balaban J connectivity index is 2.56. The van der Waals surface area contributed by atoms with Gasteiger partial charge in [0.2, 0.25) is 0 Å². The highest BCUT2D eigenvalue weighted by Gasteiger charge is 2.36. The molecule has 2 nitrogen and oxygen atoms in total. The van der Waals surface area contributed by atoms with Crippen LogP contribution in [0.5, 0.6) is 0 Å². The van der Waals surface area contributed by atoms with Crippen LogP contribution in [0.25, 0.3) is 0 Å². The molecule has 1 N–H and O–H groups in total. The molecule has 0 amide bonds. The van der Waals surface area contributed by atoms with Crippen molar-refractivity contribution in [1.29, 1.82) is 0 Å². The first-order valence-corrected chi connectivity index (χ1v) is 6.35. The number of benzene rings is 1. The molecule has 0 saturated carbocycles. The Morgan fingerprint density at radius 2 is 1.81 bits per heavy atom. The van der Waals surface area contributed by atoms with Gasteiger partial charge in [0.25, 0.3) is 0 Å². The van der Waals surface area contributed by atoms with Gasteiger partial charge in [-0.05, 0) is 33.0 Å². The summed E-state index contributed by atoms with van der Waals surface area (Å²) < 4.78 is 58.0. The van der Waals surface area contributed by atoms with Crippen LogP contribution in [-0.4, -0.2) is 7.05 Å². The number of aryl methyl sites for hydroxylation is 2. The van der Waals surface area contributed by atoms with Crippen LogP contribution in [0.4, 0.5) is 17.6 Å². The molecule has 0 aliphatic heterocycles. The van der Waals surface area contributed by atoms with Gasteiger partial charge in [-0.3, -0.25) is 0 Å². The summed E-state index contributed by atoms with van der Waals surface area (Å²) in [7, 11) is 1.56. The van der Waals surface area contributed by atoms with E-state index < -0.39 is 23.6 Å². The smallest absolute Gasteiger partial charge is 0.419 e. The van der Waals surface area contributed by atoms with Crippen molar-refractivity contribution in [3.63, 3.8) is 0 Å². The minimum Gasteiger partial charge on any atom is -0.466 e. The fraction of sp³-hybridized carbons (Fsp3) is 0.333. The lowest BCUT2D eigenvalue weighted by Crippen LogP contribution is -2.21. The van der Waals surface area contributed by atoms with E-state index in [-0.39, 0.29) is 5.56 Å². The van der Waals surface area contributed by atoms with Gasteiger partial charge < -0.3 is 9.73 Å². The molecule has 1 aromatic carbocycles. The van der Waals surface area contributed by atoms with Gasteiger partial charge in [0, 0.05) is 11.1 Å². The fourth-order valence-corrected chi connectivity index (χ4v) is 2.41. The Morgan fingerprint density at radius 1 is 1.14 bits per heavy atom. The standard InChI is InChI=1S/C15H15F4NO/c1-8-7-11(9(2)21-8)14(20-3)10-5-4-6-12(13(10)16)15(17,18)19/h4-7,14,20H,1-3H3. The lowest BCUT2D eigenvalue weighted by atomic mass is 9.96. The largest absolute Gasteiger partial charge is 0.466 e. The van der Waals surface area contributed by atoms with Crippen molar-refractivity contribution in [2.45, 2.75) is 26.1 Å². The summed E-state index contributed by atoms with van der Waals surface area (Å²) in [5.74, 6) is -0.0959. The number of nitrogens with one attached hydrogen (secondary N) is 1. The van der Waals surface area contributed by atoms with E-state index in [1.165, 1.54) is 12.1 Å². The van der Waals surface area contributed by atoms with Crippen LogP contribution in [0.2, 0.25) is 0 Å². The van der Waals surface area contributed by atoms with E-state index in [1.807, 2.05) is 0 Å². The van der Waals surface area contributed by atoms with Gasteiger partial charge in [-0.2, -0.15) is 13.2 Å². The Bertz CT molecular complexity index is 646. The Morgan fingerprint density at radius 3 is 2.29 bits per heavy atom. The molecule has 1 unspecified atom stereocenters. The van der Waals surface area contributed by atoms with E-state index in [1.54, 1.807) is 27.0 Å². The van der Waals surface area contributed by atoms with Crippen molar-refractivity contribution in [2.24, 2.45) is 0 Å². The van der Waals surface area contributed by atoms with E-state index in [0.717, 1.165) is 6.07 Å². The average Bonchev–Trinajstić information content (AvgIpc) is 2.70. The lowest BCUT2D eigenvalue weighted by molar-refractivity contribution is -0.140. The van der Waals surface area contributed by atoms with Crippen LogP contribution in [0.15, 0.2) is 28.7 Å². The Kier molecular flexibility index (Phi) is 4.09. The number of alkyl halides is 3. The van der Waals surface area contributed by atoms with Gasteiger partial charge >= 0.3 is 6.18 Å². The van der Waals surface area contributed by atoms with Crippen molar-refractivity contribution >= 4 is 0 Å². The number of hydrogen-bond donors (Lipinski definition) is 1. The summed E-state index contributed by atoms with van der Waals surface area (Å²) in [6.45, 7) is 3.42. The SMILES string of the molecule is CNC(c1cc(C)oc1C)c1cccc(C(F)(F)F)c1F. The molecule has 114 valence electrons. The highest BCUT2D eigenvalue weighted by atomic mass is 19.4. The second-order valence-electron chi connectivity index (χ2n) is 4.80. The molecule has 2 aromatic rings. The zero-order valence-corrected chi connectivity index (χ0v) is 11.8. The topological polar surface area (TPSA) is 25.2 Å². The monoisotopic (exact) mass is 301 g/mol. The zero-order valence-electron chi connectivity index (χ0n) is 11.8. The molecule has 0 radical (unpaired) electrons. The minimum absolute atomic E-state index is 0.0591. The van der Waals surface area contributed by atoms with Crippen molar-refractivity contribution in [2.75, 3.05) is 7.05 Å². The third kappa shape index (κ3) is 2.95. The average molecular weight is 301 g/mol. The third-order valence-electron chi connectivity index (χ3n) is 3.32. The lowest BCUT2D eigenvalue weighted by Gasteiger charge is -2.19.